The van der Waals surface area contributed by atoms with E-state index in [4.69, 9.17) is 0 Å². The molecule has 1 unspecified atom stereocenters. The lowest BCUT2D eigenvalue weighted by molar-refractivity contribution is -0.127. The Morgan fingerprint density at radius 3 is 2.79 bits per heavy atom. The van der Waals surface area contributed by atoms with Gasteiger partial charge in [-0.25, -0.2) is 4.98 Å². The lowest BCUT2D eigenvalue weighted by atomic mass is 9.71. The molecule has 0 radical (unpaired) electrons. The maximum absolute atomic E-state index is 13.3. The Bertz CT molecular complexity index is 910. The van der Waals surface area contributed by atoms with Gasteiger partial charge in [0.2, 0.25) is 5.91 Å². The summed E-state index contributed by atoms with van der Waals surface area (Å²) in [4.78, 5) is 32.2. The maximum atomic E-state index is 13.3. The number of hydrogen-bond donors (Lipinski definition) is 1. The number of anilines is 1. The van der Waals surface area contributed by atoms with Gasteiger partial charge in [0.05, 0.1) is 5.41 Å². The van der Waals surface area contributed by atoms with Crippen LogP contribution in [-0.2, 0) is 4.79 Å². The number of nitrogens with one attached hydrogen (secondary N) is 1. The predicted molar refractivity (Wildman–Crippen MR) is 109 cm³/mol. The van der Waals surface area contributed by atoms with Crippen molar-refractivity contribution in [1.29, 1.82) is 0 Å². The summed E-state index contributed by atoms with van der Waals surface area (Å²) in [7, 11) is 0. The van der Waals surface area contributed by atoms with Crippen molar-refractivity contribution in [2.24, 2.45) is 5.41 Å². The Morgan fingerprint density at radius 2 is 2.00 bits per heavy atom. The molecule has 1 aromatic carbocycles. The number of carbonyl (C=O) groups excluding carboxylic acids is 2. The minimum absolute atomic E-state index is 0.0185. The summed E-state index contributed by atoms with van der Waals surface area (Å²) in [6, 6.07) is 13.6. The average molecular weight is 377 g/mol. The van der Waals surface area contributed by atoms with Gasteiger partial charge in [0.25, 0.3) is 5.91 Å². The van der Waals surface area contributed by atoms with E-state index in [1.165, 1.54) is 0 Å². The van der Waals surface area contributed by atoms with Crippen LogP contribution in [0.1, 0.15) is 53.8 Å². The van der Waals surface area contributed by atoms with Crippen LogP contribution in [0.5, 0.6) is 0 Å². The lowest BCUT2D eigenvalue weighted by Gasteiger charge is -2.36. The van der Waals surface area contributed by atoms with Gasteiger partial charge in [-0.15, -0.1) is 0 Å². The normalized spacial score (nSPS) is 24.6. The molecule has 1 aromatic heterocycles. The Hall–Kier alpha value is -2.69. The molecule has 5 nitrogen and oxygen atoms in total. The second-order valence-corrected chi connectivity index (χ2v) is 8.26. The summed E-state index contributed by atoms with van der Waals surface area (Å²) >= 11 is 0. The van der Waals surface area contributed by atoms with Crippen LogP contribution in [0, 0.1) is 19.3 Å². The first kappa shape index (κ1) is 18.7. The molecular formula is C23H27N3O2. The summed E-state index contributed by atoms with van der Waals surface area (Å²) in [5, 5.41) is 3.13. The first-order valence-corrected chi connectivity index (χ1v) is 10.1. The summed E-state index contributed by atoms with van der Waals surface area (Å²) in [5.41, 5.74) is 3.06. The fourth-order valence-corrected chi connectivity index (χ4v) is 4.70. The molecule has 1 aliphatic heterocycles. The van der Waals surface area contributed by atoms with Gasteiger partial charge in [0, 0.05) is 24.0 Å². The first-order valence-electron chi connectivity index (χ1n) is 10.1. The van der Waals surface area contributed by atoms with E-state index >= 15 is 0 Å². The number of benzene rings is 1. The number of rotatable bonds is 3. The SMILES string of the molecule is Cc1cccc(N2CCC3(CCC[C@H](NC(=O)c4cccc(C)n4)C3)C2=O)c1. The highest BCUT2D eigenvalue weighted by Gasteiger charge is 2.49. The standard InChI is InChI=1S/C23H27N3O2/c1-16-6-3-9-19(14-16)26-13-12-23(22(26)28)11-5-8-18(15-23)25-21(27)20-10-4-7-17(2)24-20/h3-4,6-7,9-10,14,18H,5,8,11-13,15H2,1-2H3,(H,25,27)/t18-,23?/m0/s1. The van der Waals surface area contributed by atoms with Crippen molar-refractivity contribution < 1.29 is 9.59 Å². The highest BCUT2D eigenvalue weighted by molar-refractivity contribution is 6.00. The minimum Gasteiger partial charge on any atom is -0.348 e. The summed E-state index contributed by atoms with van der Waals surface area (Å²) < 4.78 is 0. The predicted octanol–water partition coefficient (Wildman–Crippen LogP) is 3.79. The van der Waals surface area contributed by atoms with Gasteiger partial charge in [-0.3, -0.25) is 9.59 Å². The van der Waals surface area contributed by atoms with E-state index < -0.39 is 0 Å². The monoisotopic (exact) mass is 377 g/mol. The van der Waals surface area contributed by atoms with Gasteiger partial charge < -0.3 is 10.2 Å². The molecule has 1 aliphatic carbocycles. The van der Waals surface area contributed by atoms with Crippen molar-refractivity contribution in [2.45, 2.75) is 52.0 Å². The molecule has 28 heavy (non-hydrogen) atoms. The van der Waals surface area contributed by atoms with Gasteiger partial charge in [-0.05, 0) is 69.4 Å². The number of pyridine rings is 1. The molecule has 4 rings (SSSR count). The maximum Gasteiger partial charge on any atom is 0.270 e. The molecule has 1 saturated carbocycles. The molecule has 5 heteroatoms. The van der Waals surface area contributed by atoms with E-state index in [9.17, 15) is 9.59 Å². The molecule has 0 bridgehead atoms. The molecule has 2 aromatic rings. The van der Waals surface area contributed by atoms with Crippen LogP contribution < -0.4 is 10.2 Å². The van der Waals surface area contributed by atoms with Crippen molar-refractivity contribution in [3.05, 3.63) is 59.4 Å². The molecule has 2 amide bonds. The molecule has 2 fully saturated rings. The van der Waals surface area contributed by atoms with Crippen LogP contribution in [0.25, 0.3) is 0 Å². The second kappa shape index (κ2) is 7.38. The van der Waals surface area contributed by atoms with Crippen molar-refractivity contribution in [3.8, 4) is 0 Å². The first-order chi connectivity index (χ1) is 13.5. The summed E-state index contributed by atoms with van der Waals surface area (Å²) in [6.45, 7) is 4.68. The van der Waals surface area contributed by atoms with Crippen LogP contribution in [0.3, 0.4) is 0 Å². The van der Waals surface area contributed by atoms with E-state index in [0.717, 1.165) is 49.2 Å². The van der Waals surface area contributed by atoms with Crippen molar-refractivity contribution >= 4 is 17.5 Å². The van der Waals surface area contributed by atoms with E-state index in [0.29, 0.717) is 12.1 Å². The number of amides is 2. The number of carbonyl (C=O) groups is 2. The number of aromatic nitrogens is 1. The van der Waals surface area contributed by atoms with Crippen LogP contribution in [0.2, 0.25) is 0 Å². The lowest BCUT2D eigenvalue weighted by Crippen LogP contribution is -2.46. The van der Waals surface area contributed by atoms with Crippen LogP contribution in [0.4, 0.5) is 5.69 Å². The summed E-state index contributed by atoms with van der Waals surface area (Å²) in [5.74, 6) is 0.0671. The van der Waals surface area contributed by atoms with E-state index in [2.05, 4.69) is 16.4 Å². The molecule has 2 heterocycles. The second-order valence-electron chi connectivity index (χ2n) is 8.26. The zero-order valence-corrected chi connectivity index (χ0v) is 16.6. The largest absolute Gasteiger partial charge is 0.348 e. The summed E-state index contributed by atoms with van der Waals surface area (Å²) in [6.07, 6.45) is 4.35. The Labute approximate surface area is 166 Å². The average Bonchev–Trinajstić information content (AvgIpc) is 2.97. The molecular weight excluding hydrogens is 350 g/mol. The van der Waals surface area contributed by atoms with Gasteiger partial charge in [-0.2, -0.15) is 0 Å². The van der Waals surface area contributed by atoms with Gasteiger partial charge in [-0.1, -0.05) is 24.6 Å². The molecule has 2 aliphatic rings. The van der Waals surface area contributed by atoms with Crippen molar-refractivity contribution in [2.75, 3.05) is 11.4 Å². The molecule has 1 saturated heterocycles. The van der Waals surface area contributed by atoms with Crippen LogP contribution >= 0.6 is 0 Å². The number of aryl methyl sites for hydroxylation is 2. The Kier molecular flexibility index (Phi) is 4.92. The zero-order chi connectivity index (χ0) is 19.7. The van der Waals surface area contributed by atoms with Gasteiger partial charge >= 0.3 is 0 Å². The molecule has 146 valence electrons. The third kappa shape index (κ3) is 3.53. The highest BCUT2D eigenvalue weighted by Crippen LogP contribution is 2.46. The van der Waals surface area contributed by atoms with E-state index in [1.807, 2.05) is 49.1 Å². The van der Waals surface area contributed by atoms with Crippen molar-refractivity contribution in [1.82, 2.24) is 10.3 Å². The molecule has 1 N–H and O–H groups in total. The van der Waals surface area contributed by atoms with Gasteiger partial charge in [0.15, 0.2) is 0 Å². The third-order valence-corrected chi connectivity index (χ3v) is 6.13. The zero-order valence-electron chi connectivity index (χ0n) is 16.6. The molecule has 1 spiro atoms. The minimum atomic E-state index is -0.347. The third-order valence-electron chi connectivity index (χ3n) is 6.13. The fraction of sp³-hybridized carbons (Fsp3) is 0.435. The number of hydrogen-bond acceptors (Lipinski definition) is 3. The van der Waals surface area contributed by atoms with Gasteiger partial charge in [0.1, 0.15) is 5.69 Å². The molecule has 2 atom stereocenters. The van der Waals surface area contributed by atoms with Crippen LogP contribution in [-0.4, -0.2) is 29.4 Å². The van der Waals surface area contributed by atoms with E-state index in [-0.39, 0.29) is 23.3 Å². The fourth-order valence-electron chi connectivity index (χ4n) is 4.70. The van der Waals surface area contributed by atoms with E-state index in [1.54, 1.807) is 6.07 Å². The Morgan fingerprint density at radius 1 is 1.18 bits per heavy atom. The smallest absolute Gasteiger partial charge is 0.270 e. The quantitative estimate of drug-likeness (QED) is 0.885. The Balaban J connectivity index is 1.47. The van der Waals surface area contributed by atoms with Crippen molar-refractivity contribution in [3.63, 3.8) is 0 Å². The number of nitrogens with zero attached hydrogens (tertiary/aromatic N) is 2. The highest BCUT2D eigenvalue weighted by atomic mass is 16.2. The van der Waals surface area contributed by atoms with Crippen LogP contribution in [0.15, 0.2) is 42.5 Å². The topological polar surface area (TPSA) is 62.3 Å².